The number of aromatic nitrogens is 1. The molecule has 4 fully saturated rings. The molecule has 2 aromatic rings. The largest absolute Gasteiger partial charge is 0.477 e. The van der Waals surface area contributed by atoms with Gasteiger partial charge in [0.15, 0.2) is 18.7 Å². The normalized spacial score (nSPS) is 37.8. The number of Topliss-reactive ketones (excluding diaryl/α,β-unsaturated/α-hetero) is 1. The lowest BCUT2D eigenvalue weighted by atomic mass is 9.74. The van der Waals surface area contributed by atoms with Crippen molar-refractivity contribution in [3.8, 4) is 0 Å². The predicted octanol–water partition coefficient (Wildman–Crippen LogP) is 4.86. The van der Waals surface area contributed by atoms with Crippen molar-refractivity contribution in [2.45, 2.75) is 204 Å². The van der Waals surface area contributed by atoms with Gasteiger partial charge in [-0.1, -0.05) is 27.7 Å². The van der Waals surface area contributed by atoms with Crippen LogP contribution in [0, 0.1) is 23.7 Å². The third-order valence-electron chi connectivity index (χ3n) is 16.7. The zero-order valence-electron chi connectivity index (χ0n) is 47.5. The van der Waals surface area contributed by atoms with E-state index in [4.69, 9.17) is 42.6 Å². The maximum Gasteiger partial charge on any atom is 0.341 e. The van der Waals surface area contributed by atoms with Gasteiger partial charge in [0.2, 0.25) is 5.43 Å². The van der Waals surface area contributed by atoms with Gasteiger partial charge in [-0.05, 0) is 106 Å². The average molecular weight is 1090 g/mol. The maximum atomic E-state index is 14.6. The molecule has 434 valence electrons. The number of hydrogen-bond acceptors (Lipinski definition) is 19. The number of fused-ring (bicyclic) bond motifs is 1. The Morgan fingerprint density at radius 2 is 1.56 bits per heavy atom. The van der Waals surface area contributed by atoms with E-state index in [0.29, 0.717) is 29.6 Å². The highest BCUT2D eigenvalue weighted by atomic mass is 16.7. The highest BCUT2D eigenvalue weighted by Crippen LogP contribution is 2.43. The molecular weight excluding hydrogens is 1000 g/mol. The van der Waals surface area contributed by atoms with Crippen molar-refractivity contribution in [3.63, 3.8) is 0 Å². The number of likely N-dealkylation sites (N-methyl/N-ethyl adjacent to an activating group) is 1. The first-order valence-electron chi connectivity index (χ1n) is 27.3. The van der Waals surface area contributed by atoms with Crippen LogP contribution in [0.3, 0.4) is 0 Å². The fourth-order valence-corrected chi connectivity index (χ4v) is 11.8. The van der Waals surface area contributed by atoms with Crippen LogP contribution in [0.2, 0.25) is 0 Å². The first kappa shape index (κ1) is 62.1. The van der Waals surface area contributed by atoms with E-state index in [1.54, 1.807) is 53.7 Å². The third-order valence-corrected chi connectivity index (χ3v) is 16.7. The van der Waals surface area contributed by atoms with Gasteiger partial charge in [-0.3, -0.25) is 19.2 Å². The van der Waals surface area contributed by atoms with Crippen molar-refractivity contribution < 1.29 is 82.2 Å². The van der Waals surface area contributed by atoms with Crippen LogP contribution in [-0.2, 0) is 57.0 Å². The molecule has 77 heavy (non-hydrogen) atoms. The van der Waals surface area contributed by atoms with E-state index in [-0.39, 0.29) is 68.4 Å². The summed E-state index contributed by atoms with van der Waals surface area (Å²) in [4.78, 5) is 69.0. The van der Waals surface area contributed by atoms with Gasteiger partial charge in [-0.15, -0.1) is 0 Å². The van der Waals surface area contributed by atoms with Gasteiger partial charge in [0.05, 0.1) is 67.2 Å². The maximum absolute atomic E-state index is 14.6. The number of aromatic carboxylic acids is 1. The van der Waals surface area contributed by atoms with E-state index in [1.165, 1.54) is 34.3 Å². The van der Waals surface area contributed by atoms with Crippen LogP contribution in [0.1, 0.15) is 131 Å². The van der Waals surface area contributed by atoms with E-state index in [1.807, 2.05) is 43.5 Å². The Bertz CT molecular complexity index is 2430. The molecule has 4 aliphatic rings. The Morgan fingerprint density at radius 3 is 2.17 bits per heavy atom. The first-order chi connectivity index (χ1) is 36.1. The second-order valence-electron chi connectivity index (χ2n) is 22.9. The number of benzene rings is 1. The number of aliphatic hydroxyl groups excluding tert-OH is 2. The van der Waals surface area contributed by atoms with Crippen LogP contribution in [-0.4, -0.2) is 186 Å². The molecule has 0 spiro atoms. The second-order valence-corrected chi connectivity index (χ2v) is 22.9. The van der Waals surface area contributed by atoms with Crippen molar-refractivity contribution in [1.29, 1.82) is 0 Å². The summed E-state index contributed by atoms with van der Waals surface area (Å²) in [5.41, 5.74) is -4.10. The molecule has 3 aliphatic heterocycles. The third kappa shape index (κ3) is 13.9. The lowest BCUT2D eigenvalue weighted by molar-refractivity contribution is -0.320. The number of esters is 2. The van der Waals surface area contributed by atoms with Crippen molar-refractivity contribution >= 4 is 40.3 Å². The number of cyclic esters (lactones) is 1. The smallest absolute Gasteiger partial charge is 0.341 e. The van der Waals surface area contributed by atoms with Gasteiger partial charge in [0.1, 0.15) is 34.8 Å². The predicted molar refractivity (Wildman–Crippen MR) is 282 cm³/mol. The molecule has 3 saturated heterocycles. The lowest BCUT2D eigenvalue weighted by Crippen LogP contribution is -2.61. The molecule has 4 heterocycles. The van der Waals surface area contributed by atoms with Crippen LogP contribution >= 0.6 is 0 Å². The SMILES string of the molecule is CC[C@@H]1OC(=O)[C@H](C)[C@H](O[C@@H]2C[C@@](C)(OC)[C@H](OC(=O)CCOCCNc3ccc4c(c3)c(=O)c(C(=O)O)cn4C3CC3)[C@H](C)O2)[C@@H](C)[C@H](OC2OC(C)C[C@H](N(C)C)[C@@H]2O)C(C)(OC)C[C@H](C)C(=O)[C@H](C)[C@@H](O)C1(C)O. The number of nitrogens with one attached hydrogen (secondary N) is 1. The molecule has 1 aromatic heterocycles. The zero-order valence-corrected chi connectivity index (χ0v) is 47.5. The average Bonchev–Trinajstić information content (AvgIpc) is 4.28. The van der Waals surface area contributed by atoms with Crippen LogP contribution in [0.25, 0.3) is 10.9 Å². The standard InChI is InChI=1S/C56H87N3O18/c1-15-41-56(10,68)48(64)31(4)44(61)29(2)26-54(8,69-13)49(77-53-46(63)40(58(11)12)24-30(3)72-53)32(5)47(33(6)52(67)74-41)76-43-27-55(9,70-14)50(34(7)73-43)75-42(60)20-22-71-23-21-57-35-16-19-39-37(25-35)45(62)38(51(65)66)28-59(39)36-17-18-36/h16,19,25,28-34,36,40-41,43,46-50,53,57,63-64,68H,15,17-18,20-24,26-27H2,1-14H3,(H,65,66)/t29-,30?,31-,32+,33+,34-,40-,41-,43+,46-,47+,48+,49-,50+,53?,54?,55+,56?/m0/s1. The minimum absolute atomic E-state index is 0.0151. The number of pyridine rings is 1. The quantitative estimate of drug-likeness (QED) is 0.0985. The summed E-state index contributed by atoms with van der Waals surface area (Å²) in [6.07, 6.45) is -6.61. The Morgan fingerprint density at radius 1 is 0.896 bits per heavy atom. The number of ketones is 1. The van der Waals surface area contributed by atoms with E-state index in [2.05, 4.69) is 5.32 Å². The monoisotopic (exact) mass is 1090 g/mol. The summed E-state index contributed by atoms with van der Waals surface area (Å²) < 4.78 is 58.8. The van der Waals surface area contributed by atoms with Gasteiger partial charge in [-0.25, -0.2) is 4.79 Å². The summed E-state index contributed by atoms with van der Waals surface area (Å²) in [7, 11) is 6.69. The van der Waals surface area contributed by atoms with Crippen LogP contribution in [0.15, 0.2) is 29.2 Å². The Balaban J connectivity index is 1.18. The second kappa shape index (κ2) is 25.5. The van der Waals surface area contributed by atoms with Crippen molar-refractivity contribution in [1.82, 2.24) is 9.47 Å². The van der Waals surface area contributed by atoms with Gasteiger partial charge in [0, 0.05) is 74.3 Å². The van der Waals surface area contributed by atoms with E-state index >= 15 is 0 Å². The molecule has 6 rings (SSSR count). The fraction of sp³-hybridized carbons (Fsp3) is 0.768. The van der Waals surface area contributed by atoms with Gasteiger partial charge < -0.3 is 77.8 Å². The number of rotatable bonds is 18. The number of aliphatic hydroxyl groups is 3. The summed E-state index contributed by atoms with van der Waals surface area (Å²) in [6.45, 7) is 17.4. The molecule has 1 aromatic carbocycles. The Hall–Kier alpha value is -4.13. The van der Waals surface area contributed by atoms with Gasteiger partial charge >= 0.3 is 17.9 Å². The van der Waals surface area contributed by atoms with E-state index < -0.39 is 119 Å². The minimum atomic E-state index is -2.03. The molecular formula is C56H87N3O18. The number of carboxylic acids is 1. The summed E-state index contributed by atoms with van der Waals surface area (Å²) in [5.74, 6) is -6.72. The number of carbonyl (C=O) groups excluding carboxylic acids is 3. The van der Waals surface area contributed by atoms with Crippen molar-refractivity contribution in [2.24, 2.45) is 23.7 Å². The van der Waals surface area contributed by atoms with Crippen LogP contribution in [0.4, 0.5) is 5.69 Å². The van der Waals surface area contributed by atoms with E-state index in [9.17, 15) is 44.4 Å². The summed E-state index contributed by atoms with van der Waals surface area (Å²) in [6, 6.07) is 5.09. The fourth-order valence-electron chi connectivity index (χ4n) is 11.8. The van der Waals surface area contributed by atoms with Crippen molar-refractivity contribution in [2.75, 3.05) is 53.4 Å². The number of nitrogens with zero attached hydrogens (tertiary/aromatic N) is 2. The number of ether oxygens (including phenoxy) is 9. The molecule has 1 saturated carbocycles. The molecule has 21 nitrogen and oxygen atoms in total. The number of anilines is 1. The lowest BCUT2D eigenvalue weighted by Gasteiger charge is -2.50. The molecule has 18 atom stereocenters. The summed E-state index contributed by atoms with van der Waals surface area (Å²) in [5, 5.41) is 48.4. The molecule has 1 aliphatic carbocycles. The summed E-state index contributed by atoms with van der Waals surface area (Å²) >= 11 is 0. The highest BCUT2D eigenvalue weighted by molar-refractivity contribution is 5.93. The number of carbonyl (C=O) groups is 4. The van der Waals surface area contributed by atoms with Gasteiger partial charge in [0.25, 0.3) is 0 Å². The molecule has 4 unspecified atom stereocenters. The molecule has 21 heteroatoms. The van der Waals surface area contributed by atoms with Crippen LogP contribution in [0.5, 0.6) is 0 Å². The topological polar surface area (TPSA) is 270 Å². The zero-order chi connectivity index (χ0) is 57.1. The highest BCUT2D eigenvalue weighted by Gasteiger charge is 2.55. The van der Waals surface area contributed by atoms with Gasteiger partial charge in [-0.2, -0.15) is 0 Å². The van der Waals surface area contributed by atoms with Crippen molar-refractivity contribution in [3.05, 3.63) is 40.2 Å². The Labute approximate surface area is 452 Å². The number of hydrogen-bond donors (Lipinski definition) is 5. The molecule has 0 amide bonds. The Kier molecular flexibility index (Phi) is 20.6. The number of methoxy groups -OCH3 is 2. The van der Waals surface area contributed by atoms with Crippen LogP contribution < -0.4 is 10.7 Å². The molecule has 0 radical (unpaired) electrons. The molecule has 0 bridgehead atoms. The first-order valence-corrected chi connectivity index (χ1v) is 27.3. The minimum Gasteiger partial charge on any atom is -0.477 e. The number of carboxylic acid groups (broad SMARTS) is 1. The van der Waals surface area contributed by atoms with E-state index in [0.717, 1.165) is 12.8 Å². The molecule has 5 N–H and O–H groups in total.